The molecule has 0 unspecified atom stereocenters. The Hall–Kier alpha value is -2.51. The number of carbonyl (C=O) groups excluding carboxylic acids is 2. The zero-order chi connectivity index (χ0) is 23.4. The summed E-state index contributed by atoms with van der Waals surface area (Å²) in [6, 6.07) is 9.19. The van der Waals surface area contributed by atoms with Gasteiger partial charge in [0.05, 0.1) is 17.4 Å². The zero-order valence-electron chi connectivity index (χ0n) is 17.2. The number of benzene rings is 2. The molecule has 0 saturated heterocycles. The molecule has 1 atom stereocenters. The Morgan fingerprint density at radius 3 is 2.31 bits per heavy atom. The fraction of sp³-hybridized carbons (Fsp3) is 0.304. The first kappa shape index (κ1) is 22.7. The van der Waals surface area contributed by atoms with Crippen LogP contribution in [0, 0.1) is 5.41 Å². The molecule has 0 radical (unpaired) electrons. The van der Waals surface area contributed by atoms with Crippen LogP contribution in [0.4, 0.5) is 24.5 Å². The molecule has 0 saturated carbocycles. The third-order valence-electron chi connectivity index (χ3n) is 5.64. The fourth-order valence-corrected chi connectivity index (χ4v) is 5.00. The van der Waals surface area contributed by atoms with Crippen LogP contribution in [0.15, 0.2) is 53.7 Å². The molecule has 0 aromatic heterocycles. The lowest BCUT2D eigenvalue weighted by Gasteiger charge is -2.37. The predicted molar refractivity (Wildman–Crippen MR) is 118 cm³/mol. The maximum atomic E-state index is 13.8. The first-order valence-corrected chi connectivity index (χ1v) is 10.6. The van der Waals surface area contributed by atoms with Crippen molar-refractivity contribution in [2.24, 2.45) is 5.41 Å². The Kier molecular flexibility index (Phi) is 5.54. The van der Waals surface area contributed by atoms with E-state index in [2.05, 4.69) is 5.32 Å². The van der Waals surface area contributed by atoms with Crippen molar-refractivity contribution >= 4 is 46.3 Å². The summed E-state index contributed by atoms with van der Waals surface area (Å²) in [5.74, 6) is -2.48. The minimum Gasteiger partial charge on any atom is -0.357 e. The summed E-state index contributed by atoms with van der Waals surface area (Å²) in [5.41, 5.74) is 0.443. The molecule has 0 spiro atoms. The number of Topliss-reactive ketones (excluding diaryl/α,β-unsaturated/α-hetero) is 1. The minimum atomic E-state index is -5.19. The van der Waals surface area contributed by atoms with Gasteiger partial charge in [0.2, 0.25) is 0 Å². The van der Waals surface area contributed by atoms with Crippen molar-refractivity contribution in [3.05, 3.63) is 69.3 Å². The molecule has 4 nitrogen and oxygen atoms in total. The van der Waals surface area contributed by atoms with Crippen LogP contribution in [0.25, 0.3) is 0 Å². The van der Waals surface area contributed by atoms with Gasteiger partial charge in [-0.05, 0) is 36.1 Å². The number of alkyl halides is 3. The molecule has 32 heavy (non-hydrogen) atoms. The van der Waals surface area contributed by atoms with Crippen LogP contribution < -0.4 is 10.2 Å². The van der Waals surface area contributed by atoms with Gasteiger partial charge in [-0.3, -0.25) is 14.5 Å². The number of nitrogens with zero attached hydrogens (tertiary/aromatic N) is 1. The molecular weight excluding hydrogens is 464 g/mol. The van der Waals surface area contributed by atoms with Gasteiger partial charge in [-0.25, -0.2) is 0 Å². The summed E-state index contributed by atoms with van der Waals surface area (Å²) in [7, 11) is 0. The Morgan fingerprint density at radius 1 is 1.06 bits per heavy atom. The van der Waals surface area contributed by atoms with Crippen LogP contribution in [-0.4, -0.2) is 17.9 Å². The highest BCUT2D eigenvalue weighted by Crippen LogP contribution is 2.51. The van der Waals surface area contributed by atoms with Gasteiger partial charge >= 0.3 is 12.1 Å². The second-order valence-electron chi connectivity index (χ2n) is 8.69. The van der Waals surface area contributed by atoms with E-state index in [1.54, 1.807) is 18.2 Å². The summed E-state index contributed by atoms with van der Waals surface area (Å²) in [4.78, 5) is 26.8. The van der Waals surface area contributed by atoms with Gasteiger partial charge in [-0.15, -0.1) is 0 Å². The molecule has 0 fully saturated rings. The molecule has 0 bridgehead atoms. The summed E-state index contributed by atoms with van der Waals surface area (Å²) in [5, 5.41) is 3.26. The van der Waals surface area contributed by atoms with E-state index in [0.29, 0.717) is 17.0 Å². The highest BCUT2D eigenvalue weighted by molar-refractivity contribution is 6.36. The normalized spacial score (nSPS) is 20.3. The summed E-state index contributed by atoms with van der Waals surface area (Å²) >= 11 is 12.8. The third-order valence-corrected chi connectivity index (χ3v) is 6.29. The standard InChI is InChI=1S/C23H19Cl2F3N2O2/c1-22(2)10-15-19(17(31)11-22)20(18-12(24)6-5-7-13(18)25)30(21(32)23(26,27)28)16-9-4-3-8-14(16)29-15/h3-9,20,29H,10-11H2,1-2H3/t20-/m0/s1. The molecule has 1 heterocycles. The van der Waals surface area contributed by atoms with E-state index < -0.39 is 23.5 Å². The Morgan fingerprint density at radius 2 is 1.69 bits per heavy atom. The molecule has 1 amide bonds. The van der Waals surface area contributed by atoms with E-state index in [4.69, 9.17) is 23.2 Å². The topological polar surface area (TPSA) is 49.4 Å². The average Bonchev–Trinajstić information content (AvgIpc) is 2.80. The number of ketones is 1. The summed E-state index contributed by atoms with van der Waals surface area (Å²) < 4.78 is 41.4. The summed E-state index contributed by atoms with van der Waals surface area (Å²) in [6.07, 6.45) is -4.69. The number of amides is 1. The van der Waals surface area contributed by atoms with Crippen LogP contribution in [-0.2, 0) is 9.59 Å². The van der Waals surface area contributed by atoms with E-state index in [1.165, 1.54) is 24.3 Å². The Labute approximate surface area is 193 Å². The molecule has 2 aromatic rings. The van der Waals surface area contributed by atoms with E-state index in [9.17, 15) is 22.8 Å². The number of fused-ring (bicyclic) bond motifs is 1. The highest BCUT2D eigenvalue weighted by atomic mass is 35.5. The van der Waals surface area contributed by atoms with E-state index in [1.807, 2.05) is 13.8 Å². The van der Waals surface area contributed by atoms with Gasteiger partial charge < -0.3 is 5.32 Å². The Balaban J connectivity index is 2.10. The quantitative estimate of drug-likeness (QED) is 0.491. The molecule has 2 aromatic carbocycles. The smallest absolute Gasteiger partial charge is 0.357 e. The van der Waals surface area contributed by atoms with Crippen LogP contribution >= 0.6 is 23.2 Å². The van der Waals surface area contributed by atoms with Crippen LogP contribution in [0.1, 0.15) is 38.3 Å². The van der Waals surface area contributed by atoms with Gasteiger partial charge in [0.1, 0.15) is 0 Å². The summed E-state index contributed by atoms with van der Waals surface area (Å²) in [6.45, 7) is 3.81. The van der Waals surface area contributed by atoms with E-state index in [0.717, 1.165) is 0 Å². The Bertz CT molecular complexity index is 1140. The van der Waals surface area contributed by atoms with Crippen molar-refractivity contribution in [1.29, 1.82) is 0 Å². The predicted octanol–water partition coefficient (Wildman–Crippen LogP) is 6.70. The number of halogens is 5. The number of para-hydroxylation sites is 2. The molecule has 2 aliphatic rings. The number of allylic oxidation sites excluding steroid dienone is 1. The molecule has 4 rings (SSSR count). The number of nitrogens with one attached hydrogen (secondary N) is 1. The largest absolute Gasteiger partial charge is 0.471 e. The molecule has 1 N–H and O–H groups in total. The van der Waals surface area contributed by atoms with Crippen molar-refractivity contribution in [2.75, 3.05) is 10.2 Å². The minimum absolute atomic E-state index is 0.0178. The first-order chi connectivity index (χ1) is 14.9. The molecule has 168 valence electrons. The lowest BCUT2D eigenvalue weighted by atomic mass is 9.73. The van der Waals surface area contributed by atoms with Crippen molar-refractivity contribution in [1.82, 2.24) is 0 Å². The van der Waals surface area contributed by atoms with Crippen molar-refractivity contribution in [3.8, 4) is 0 Å². The fourth-order valence-electron chi connectivity index (χ4n) is 4.39. The number of anilines is 2. The highest BCUT2D eigenvalue weighted by Gasteiger charge is 2.51. The average molecular weight is 483 g/mol. The lowest BCUT2D eigenvalue weighted by Crippen LogP contribution is -2.45. The second kappa shape index (κ2) is 7.81. The molecule has 1 aliphatic carbocycles. The monoisotopic (exact) mass is 482 g/mol. The lowest BCUT2D eigenvalue weighted by molar-refractivity contribution is -0.170. The number of rotatable bonds is 1. The number of carbonyl (C=O) groups is 2. The van der Waals surface area contributed by atoms with Gasteiger partial charge in [0.25, 0.3) is 0 Å². The van der Waals surface area contributed by atoms with Crippen LogP contribution in [0.5, 0.6) is 0 Å². The third kappa shape index (κ3) is 3.88. The van der Waals surface area contributed by atoms with Crippen LogP contribution in [0.3, 0.4) is 0 Å². The van der Waals surface area contributed by atoms with Crippen molar-refractivity contribution in [3.63, 3.8) is 0 Å². The van der Waals surface area contributed by atoms with E-state index in [-0.39, 0.29) is 44.8 Å². The van der Waals surface area contributed by atoms with Gasteiger partial charge in [-0.2, -0.15) is 13.2 Å². The van der Waals surface area contributed by atoms with E-state index >= 15 is 0 Å². The maximum absolute atomic E-state index is 13.8. The van der Waals surface area contributed by atoms with Gasteiger partial charge in [0.15, 0.2) is 5.78 Å². The first-order valence-electron chi connectivity index (χ1n) is 9.87. The number of hydrogen-bond donors (Lipinski definition) is 1. The molecule has 9 heteroatoms. The maximum Gasteiger partial charge on any atom is 0.471 e. The van der Waals surface area contributed by atoms with Crippen molar-refractivity contribution in [2.45, 2.75) is 38.9 Å². The zero-order valence-corrected chi connectivity index (χ0v) is 18.7. The molecular formula is C23H19Cl2F3N2O2. The van der Waals surface area contributed by atoms with Gasteiger partial charge in [0, 0.05) is 33.3 Å². The molecule has 1 aliphatic heterocycles. The second-order valence-corrected chi connectivity index (χ2v) is 9.50. The number of hydrogen-bond acceptors (Lipinski definition) is 3. The SMILES string of the molecule is CC1(C)CC(=O)C2=C(C1)Nc1ccccc1N(C(=O)C(F)(F)F)[C@H]2c1c(Cl)cccc1Cl. The van der Waals surface area contributed by atoms with Crippen molar-refractivity contribution < 1.29 is 22.8 Å². The van der Waals surface area contributed by atoms with Crippen LogP contribution in [0.2, 0.25) is 10.0 Å². The van der Waals surface area contributed by atoms with Gasteiger partial charge in [-0.1, -0.05) is 55.2 Å².